The minimum atomic E-state index is -1.82. The number of halogens is 2. The van der Waals surface area contributed by atoms with E-state index < -0.39 is 50.8 Å². The van der Waals surface area contributed by atoms with Crippen LogP contribution < -0.4 is 4.74 Å². The summed E-state index contributed by atoms with van der Waals surface area (Å²) in [7, 11) is 2.79. The highest BCUT2D eigenvalue weighted by atomic mass is 35.5. The summed E-state index contributed by atoms with van der Waals surface area (Å²) in [6.07, 6.45) is 5.63. The molecule has 2 aliphatic heterocycles. The van der Waals surface area contributed by atoms with Gasteiger partial charge in [0, 0.05) is 18.5 Å². The number of alkyl halides is 2. The van der Waals surface area contributed by atoms with Crippen molar-refractivity contribution in [1.82, 2.24) is 9.80 Å². The number of hydrogen-bond donors (Lipinski definition) is 1. The molecule has 0 radical (unpaired) electrons. The van der Waals surface area contributed by atoms with E-state index in [9.17, 15) is 24.3 Å². The largest absolute Gasteiger partial charge is 0.504 e. The Hall–Kier alpha value is -2.84. The van der Waals surface area contributed by atoms with Crippen molar-refractivity contribution >= 4 is 52.9 Å². The van der Waals surface area contributed by atoms with Crippen molar-refractivity contribution in [1.29, 1.82) is 0 Å². The van der Waals surface area contributed by atoms with Crippen LogP contribution in [0.2, 0.25) is 0 Å². The Morgan fingerprint density at radius 1 is 1.08 bits per heavy atom. The van der Waals surface area contributed by atoms with Crippen LogP contribution in [0.15, 0.2) is 35.9 Å². The minimum Gasteiger partial charge on any atom is -0.504 e. The molecule has 2 aliphatic carbocycles. The average Bonchev–Trinajstić information content (AvgIpc) is 3.19. The number of phenolic OH excluding ortho intramolecular Hbond substituents is 1. The van der Waals surface area contributed by atoms with E-state index in [1.54, 1.807) is 24.3 Å². The summed E-state index contributed by atoms with van der Waals surface area (Å²) in [6, 6.07) is 4.78. The van der Waals surface area contributed by atoms with Crippen LogP contribution in [0, 0.1) is 23.7 Å². The number of rotatable bonds is 3. The van der Waals surface area contributed by atoms with Crippen LogP contribution in [0.1, 0.15) is 39.2 Å². The van der Waals surface area contributed by atoms with E-state index in [2.05, 4.69) is 0 Å². The first-order valence-corrected chi connectivity index (χ1v) is 13.3. The molecule has 2 saturated heterocycles. The maximum absolute atomic E-state index is 13.7. The van der Waals surface area contributed by atoms with Crippen LogP contribution in [-0.2, 0) is 19.2 Å². The van der Waals surface area contributed by atoms with E-state index in [4.69, 9.17) is 27.9 Å². The molecule has 2 heterocycles. The standard InChI is InChI=1S/C28H30Cl2N2O6/c1-26(2,3)32-22(34)16-9-8-15-17(21(16)23(32)35)13-27(29)24(36)31(4)25(37)28(27,30)18(15)10-6-14-7-11-19(33)20(12-14)38-5/h6-8,10-12,16-18,21,33H,9,13H2,1-5H3. The van der Waals surface area contributed by atoms with Gasteiger partial charge in [0.1, 0.15) is 0 Å². The highest BCUT2D eigenvalue weighted by Crippen LogP contribution is 2.63. The zero-order valence-corrected chi connectivity index (χ0v) is 23.3. The molecule has 0 spiro atoms. The number of ether oxygens (including phenoxy) is 1. The van der Waals surface area contributed by atoms with Crippen LogP contribution >= 0.6 is 23.2 Å². The molecule has 4 amide bonds. The lowest BCUT2D eigenvalue weighted by Crippen LogP contribution is -2.60. The Morgan fingerprint density at radius 3 is 2.39 bits per heavy atom. The molecule has 4 aliphatic rings. The molecular weight excluding hydrogens is 531 g/mol. The van der Waals surface area contributed by atoms with Crippen molar-refractivity contribution < 1.29 is 29.0 Å². The minimum absolute atomic E-state index is 0.0250. The predicted octanol–water partition coefficient (Wildman–Crippen LogP) is 3.73. The second kappa shape index (κ2) is 8.58. The summed E-state index contributed by atoms with van der Waals surface area (Å²) < 4.78 is 5.20. The van der Waals surface area contributed by atoms with Gasteiger partial charge in [-0.2, -0.15) is 0 Å². The molecule has 38 heavy (non-hydrogen) atoms. The van der Waals surface area contributed by atoms with Gasteiger partial charge in [0.2, 0.25) is 11.8 Å². The van der Waals surface area contributed by atoms with Gasteiger partial charge in [-0.25, -0.2) is 0 Å². The van der Waals surface area contributed by atoms with Gasteiger partial charge in [0.25, 0.3) is 11.8 Å². The summed E-state index contributed by atoms with van der Waals surface area (Å²) in [5, 5.41) is 9.96. The van der Waals surface area contributed by atoms with E-state index in [0.29, 0.717) is 12.0 Å². The number of nitrogens with zero attached hydrogens (tertiary/aromatic N) is 2. The molecule has 0 aromatic heterocycles. The van der Waals surface area contributed by atoms with Gasteiger partial charge < -0.3 is 9.84 Å². The van der Waals surface area contributed by atoms with E-state index in [0.717, 1.165) is 10.5 Å². The molecule has 6 atom stereocenters. The number of amides is 4. The lowest BCUT2D eigenvalue weighted by Gasteiger charge is -2.49. The fraction of sp³-hybridized carbons (Fsp3) is 0.500. The van der Waals surface area contributed by atoms with E-state index >= 15 is 0 Å². The lowest BCUT2D eigenvalue weighted by atomic mass is 9.57. The number of carbonyl (C=O) groups is 4. The molecule has 10 heteroatoms. The van der Waals surface area contributed by atoms with Crippen molar-refractivity contribution in [3.05, 3.63) is 41.5 Å². The van der Waals surface area contributed by atoms with Gasteiger partial charge in [-0.15, -0.1) is 23.2 Å². The number of imide groups is 2. The van der Waals surface area contributed by atoms with Gasteiger partial charge in [-0.05, 0) is 57.2 Å². The maximum atomic E-state index is 13.7. The van der Waals surface area contributed by atoms with Gasteiger partial charge in [0.15, 0.2) is 21.2 Å². The molecule has 6 unspecified atom stereocenters. The predicted molar refractivity (Wildman–Crippen MR) is 142 cm³/mol. The Kier molecular flexibility index (Phi) is 6.04. The van der Waals surface area contributed by atoms with E-state index in [-0.39, 0.29) is 29.7 Å². The van der Waals surface area contributed by atoms with Crippen LogP contribution in [0.25, 0.3) is 6.08 Å². The Morgan fingerprint density at radius 2 is 1.76 bits per heavy atom. The zero-order chi connectivity index (χ0) is 27.9. The summed E-state index contributed by atoms with van der Waals surface area (Å²) in [5.74, 6) is -4.13. The molecule has 1 aromatic carbocycles. The number of phenols is 1. The molecule has 1 N–H and O–H groups in total. The second-order valence-electron chi connectivity index (χ2n) is 11.5. The van der Waals surface area contributed by atoms with E-state index in [1.165, 1.54) is 25.1 Å². The molecule has 1 aromatic rings. The van der Waals surface area contributed by atoms with E-state index in [1.807, 2.05) is 26.8 Å². The zero-order valence-electron chi connectivity index (χ0n) is 21.8. The summed E-state index contributed by atoms with van der Waals surface area (Å²) in [5.41, 5.74) is 0.687. The highest BCUT2D eigenvalue weighted by Gasteiger charge is 2.75. The number of carbonyl (C=O) groups excluding carboxylic acids is 4. The molecule has 8 nitrogen and oxygen atoms in total. The smallest absolute Gasteiger partial charge is 0.253 e. The molecule has 5 rings (SSSR count). The number of fused-ring (bicyclic) bond motifs is 4. The first kappa shape index (κ1) is 26.8. The number of hydrogen-bond acceptors (Lipinski definition) is 6. The van der Waals surface area contributed by atoms with Crippen LogP contribution in [0.3, 0.4) is 0 Å². The summed E-state index contributed by atoms with van der Waals surface area (Å²) in [6.45, 7) is 5.44. The number of methoxy groups -OCH3 is 1. The Labute approximate surface area is 231 Å². The first-order valence-electron chi connectivity index (χ1n) is 12.5. The van der Waals surface area contributed by atoms with Crippen molar-refractivity contribution in [3.63, 3.8) is 0 Å². The number of benzene rings is 1. The third kappa shape index (κ3) is 3.42. The van der Waals surface area contributed by atoms with Gasteiger partial charge >= 0.3 is 0 Å². The summed E-state index contributed by atoms with van der Waals surface area (Å²) >= 11 is 14.2. The van der Waals surface area contributed by atoms with Crippen LogP contribution in [0.5, 0.6) is 11.5 Å². The second-order valence-corrected chi connectivity index (χ2v) is 12.8. The molecule has 1 saturated carbocycles. The first-order chi connectivity index (χ1) is 17.7. The van der Waals surface area contributed by atoms with Crippen LogP contribution in [0.4, 0.5) is 0 Å². The third-order valence-corrected chi connectivity index (χ3v) is 9.86. The van der Waals surface area contributed by atoms with Gasteiger partial charge in [-0.3, -0.25) is 29.0 Å². The molecule has 0 bridgehead atoms. The monoisotopic (exact) mass is 560 g/mol. The van der Waals surface area contributed by atoms with Crippen molar-refractivity contribution in [2.75, 3.05) is 14.2 Å². The molecular formula is C28H30Cl2N2O6. The fourth-order valence-electron chi connectivity index (χ4n) is 6.66. The lowest BCUT2D eigenvalue weighted by molar-refractivity contribution is -0.146. The number of likely N-dealkylation sites (tertiary alicyclic amines) is 2. The SMILES string of the molecule is COc1cc(C=CC2C3=CCC4C(=O)N(C(C)(C)C)C(=O)C4C3CC3(Cl)C(=O)N(C)C(=O)C23Cl)ccc1O. The fourth-order valence-corrected chi connectivity index (χ4v) is 7.63. The quantitative estimate of drug-likeness (QED) is 0.343. The van der Waals surface area contributed by atoms with Gasteiger partial charge in [0.05, 0.1) is 18.9 Å². The topological polar surface area (TPSA) is 104 Å². The normalized spacial score (nSPS) is 35.0. The third-order valence-electron chi connectivity index (χ3n) is 8.43. The molecule has 3 fully saturated rings. The Balaban J connectivity index is 1.64. The summed E-state index contributed by atoms with van der Waals surface area (Å²) in [4.78, 5) is 52.6. The number of aromatic hydroxyl groups is 1. The number of allylic oxidation sites excluding steroid dienone is 3. The van der Waals surface area contributed by atoms with Crippen molar-refractivity contribution in [3.8, 4) is 11.5 Å². The van der Waals surface area contributed by atoms with Crippen LogP contribution in [-0.4, -0.2) is 68.0 Å². The maximum Gasteiger partial charge on any atom is 0.253 e. The van der Waals surface area contributed by atoms with Crippen molar-refractivity contribution in [2.24, 2.45) is 23.7 Å². The van der Waals surface area contributed by atoms with Gasteiger partial charge in [-0.1, -0.05) is 29.9 Å². The van der Waals surface area contributed by atoms with Crippen molar-refractivity contribution in [2.45, 2.75) is 48.9 Å². The average molecular weight is 561 g/mol. The molecule has 202 valence electrons. The highest BCUT2D eigenvalue weighted by molar-refractivity contribution is 6.53. The Bertz CT molecular complexity index is 1330.